The number of ether oxygens (including phenoxy) is 1. The molecule has 0 aliphatic heterocycles. The number of nitrogens with one attached hydrogen (secondary N) is 3. The third kappa shape index (κ3) is 7.29. The van der Waals surface area contributed by atoms with E-state index in [9.17, 15) is 0 Å². The average Bonchev–Trinajstić information content (AvgIpc) is 3.24. The zero-order valence-electron chi connectivity index (χ0n) is 24.0. The number of amidine groups is 2. The number of hydrogen-bond acceptors (Lipinski definition) is 7. The molecule has 39 heavy (non-hydrogen) atoms. The van der Waals surface area contributed by atoms with Gasteiger partial charge in [-0.05, 0) is 57.9 Å². The minimum atomic E-state index is 0.207. The fraction of sp³-hybridized carbons (Fsp3) is 0.414. The van der Waals surface area contributed by atoms with Crippen molar-refractivity contribution in [2.75, 3.05) is 26.5 Å². The first-order valence-electron chi connectivity index (χ1n) is 13.2. The number of nitrogens with two attached hydrogens (primary N) is 2. The molecule has 0 saturated heterocycles. The number of hydrogen-bond donors (Lipinski definition) is 5. The molecule has 1 aromatic heterocycles. The Hall–Kier alpha value is -4.05. The molecule has 0 unspecified atom stereocenters. The molecule has 1 aromatic carbocycles. The van der Waals surface area contributed by atoms with Crippen molar-refractivity contribution in [3.8, 4) is 5.75 Å². The fourth-order valence-corrected chi connectivity index (χ4v) is 4.88. The average molecular weight is 534 g/mol. The summed E-state index contributed by atoms with van der Waals surface area (Å²) in [6.45, 7) is 6.07. The zero-order valence-corrected chi connectivity index (χ0v) is 24.0. The lowest BCUT2D eigenvalue weighted by Crippen LogP contribution is -2.24. The molecule has 10 nitrogen and oxygen atoms in total. The molecule has 1 heterocycles. The van der Waals surface area contributed by atoms with Crippen LogP contribution in [-0.4, -0.2) is 53.7 Å². The van der Waals surface area contributed by atoms with Gasteiger partial charge in [-0.1, -0.05) is 30.9 Å². The van der Waals surface area contributed by atoms with Crippen molar-refractivity contribution in [2.45, 2.75) is 58.9 Å². The number of nitrogens with zero attached hydrogens (tertiary/aromatic N) is 4. The second kappa shape index (κ2) is 13.1. The Morgan fingerprint density at radius 3 is 2.44 bits per heavy atom. The fourth-order valence-electron chi connectivity index (χ4n) is 4.88. The van der Waals surface area contributed by atoms with E-state index in [4.69, 9.17) is 32.1 Å². The second-order valence-electron chi connectivity index (χ2n) is 10.3. The number of methoxy groups -OCH3 is 1. The van der Waals surface area contributed by atoms with Crippen molar-refractivity contribution in [2.24, 2.45) is 16.6 Å². The van der Waals surface area contributed by atoms with E-state index in [-0.39, 0.29) is 5.84 Å². The molecule has 0 bridgehead atoms. The van der Waals surface area contributed by atoms with Gasteiger partial charge in [0, 0.05) is 37.5 Å². The van der Waals surface area contributed by atoms with Crippen LogP contribution in [0.2, 0.25) is 0 Å². The molecule has 0 atom stereocenters. The summed E-state index contributed by atoms with van der Waals surface area (Å²) in [4.78, 5) is 6.53. The summed E-state index contributed by atoms with van der Waals surface area (Å²) in [5.74, 6) is 8.24. The molecule has 2 aromatic rings. The van der Waals surface area contributed by atoms with Crippen LogP contribution in [0.15, 0.2) is 41.0 Å². The van der Waals surface area contributed by atoms with Crippen molar-refractivity contribution >= 4 is 41.3 Å². The molecule has 0 radical (unpaired) electrons. The highest BCUT2D eigenvalue weighted by Crippen LogP contribution is 2.39. The van der Waals surface area contributed by atoms with E-state index >= 15 is 0 Å². The van der Waals surface area contributed by atoms with Gasteiger partial charge in [-0.25, -0.2) is 10.8 Å². The van der Waals surface area contributed by atoms with Gasteiger partial charge in [0.2, 0.25) is 0 Å². The van der Waals surface area contributed by atoms with Crippen molar-refractivity contribution in [3.63, 3.8) is 0 Å². The first-order chi connectivity index (χ1) is 18.5. The highest BCUT2D eigenvalue weighted by Gasteiger charge is 2.24. The molecular formula is C29H43N9O. The van der Waals surface area contributed by atoms with Gasteiger partial charge in [0.25, 0.3) is 0 Å². The SMILES string of the molecule is COc1cc(C(=N)N(C)C=N)ccc1N/C(C)=N/c1c(C=C(C)C)cc(/C(N)=C/N(C)N)n1C1CCCCC1. The maximum atomic E-state index is 8.29. The Balaban J connectivity index is 2.10. The third-order valence-electron chi connectivity index (χ3n) is 6.67. The van der Waals surface area contributed by atoms with Crippen molar-refractivity contribution < 1.29 is 4.74 Å². The Kier molecular flexibility index (Phi) is 9.95. The third-order valence-corrected chi connectivity index (χ3v) is 6.67. The van der Waals surface area contributed by atoms with Crippen LogP contribution < -0.4 is 21.6 Å². The molecular weight excluding hydrogens is 490 g/mol. The topological polar surface area (TPSA) is 145 Å². The summed E-state index contributed by atoms with van der Waals surface area (Å²) in [5, 5.41) is 20.6. The van der Waals surface area contributed by atoms with Crippen LogP contribution in [0.5, 0.6) is 5.75 Å². The van der Waals surface area contributed by atoms with Crippen LogP contribution in [0.1, 0.15) is 75.7 Å². The lowest BCUT2D eigenvalue weighted by Gasteiger charge is -2.27. The Morgan fingerprint density at radius 1 is 1.15 bits per heavy atom. The standard InChI is InChI=1S/C29H43N9O/c1-19(2)14-22-15-26(24(31)17-37(5)33)38(23-10-8-7-9-11-23)29(22)35-20(3)34-25-13-12-21(16-27(25)39-6)28(32)36(4)18-30/h12-18,23,30,32H,7-11,31,33H2,1-6H3,(H,34,35)/b24-17-,30-18?,32-28?. The van der Waals surface area contributed by atoms with Gasteiger partial charge < -0.3 is 30.3 Å². The van der Waals surface area contributed by atoms with Gasteiger partial charge >= 0.3 is 0 Å². The molecule has 10 heteroatoms. The molecule has 1 saturated carbocycles. The number of aromatic nitrogens is 1. The zero-order chi connectivity index (χ0) is 28.7. The molecule has 0 spiro atoms. The van der Waals surface area contributed by atoms with Crippen LogP contribution in [0.4, 0.5) is 11.5 Å². The molecule has 1 fully saturated rings. The molecule has 0 amide bonds. The van der Waals surface area contributed by atoms with E-state index in [2.05, 4.69) is 35.9 Å². The summed E-state index contributed by atoms with van der Waals surface area (Å²) in [6.07, 6.45) is 10.7. The van der Waals surface area contributed by atoms with E-state index in [1.807, 2.05) is 19.1 Å². The number of aliphatic imine (C=N–C) groups is 1. The number of allylic oxidation sites excluding steroid dienone is 1. The highest BCUT2D eigenvalue weighted by molar-refractivity contribution is 6.03. The number of hydrazine groups is 1. The molecule has 7 N–H and O–H groups in total. The van der Waals surface area contributed by atoms with E-state index < -0.39 is 0 Å². The van der Waals surface area contributed by atoms with Crippen molar-refractivity contribution in [3.05, 3.63) is 52.9 Å². The van der Waals surface area contributed by atoms with Gasteiger partial charge in [0.15, 0.2) is 0 Å². The van der Waals surface area contributed by atoms with Crippen molar-refractivity contribution in [1.29, 1.82) is 10.8 Å². The lowest BCUT2D eigenvalue weighted by molar-refractivity contribution is 0.354. The quantitative estimate of drug-likeness (QED) is 0.124. The summed E-state index contributed by atoms with van der Waals surface area (Å²) >= 11 is 0. The van der Waals surface area contributed by atoms with Gasteiger partial charge in [-0.15, -0.1) is 0 Å². The first kappa shape index (κ1) is 29.5. The van der Waals surface area contributed by atoms with Gasteiger partial charge in [0.05, 0.1) is 30.5 Å². The van der Waals surface area contributed by atoms with E-state index in [1.165, 1.54) is 29.2 Å². The van der Waals surface area contributed by atoms with E-state index in [0.717, 1.165) is 47.5 Å². The second-order valence-corrected chi connectivity index (χ2v) is 10.3. The smallest absolute Gasteiger partial charge is 0.143 e. The molecule has 1 aliphatic rings. The largest absolute Gasteiger partial charge is 0.495 e. The summed E-state index contributed by atoms with van der Waals surface area (Å²) in [7, 11) is 5.02. The summed E-state index contributed by atoms with van der Waals surface area (Å²) in [5.41, 5.74) is 11.6. The Bertz CT molecular complexity index is 1280. The summed E-state index contributed by atoms with van der Waals surface area (Å²) in [6, 6.07) is 7.86. The maximum absolute atomic E-state index is 8.29. The number of rotatable bonds is 9. The van der Waals surface area contributed by atoms with Crippen LogP contribution in [0, 0.1) is 10.8 Å². The maximum Gasteiger partial charge on any atom is 0.143 e. The molecule has 1 aliphatic carbocycles. The number of anilines is 1. The van der Waals surface area contributed by atoms with Crippen LogP contribution in [-0.2, 0) is 0 Å². The van der Waals surface area contributed by atoms with Gasteiger partial charge in [-0.3, -0.25) is 10.8 Å². The Morgan fingerprint density at radius 2 is 1.85 bits per heavy atom. The predicted molar refractivity (Wildman–Crippen MR) is 163 cm³/mol. The number of benzene rings is 1. The predicted octanol–water partition coefficient (Wildman–Crippen LogP) is 5.51. The van der Waals surface area contributed by atoms with Crippen LogP contribution >= 0.6 is 0 Å². The first-order valence-corrected chi connectivity index (χ1v) is 13.2. The molecule has 210 valence electrons. The van der Waals surface area contributed by atoms with E-state index in [0.29, 0.717) is 28.9 Å². The summed E-state index contributed by atoms with van der Waals surface area (Å²) < 4.78 is 7.90. The molecule has 3 rings (SSSR count). The minimum absolute atomic E-state index is 0.207. The monoisotopic (exact) mass is 533 g/mol. The lowest BCUT2D eigenvalue weighted by atomic mass is 9.95. The van der Waals surface area contributed by atoms with Crippen molar-refractivity contribution in [1.82, 2.24) is 14.5 Å². The minimum Gasteiger partial charge on any atom is -0.495 e. The van der Waals surface area contributed by atoms with Gasteiger partial charge in [0.1, 0.15) is 23.2 Å². The van der Waals surface area contributed by atoms with E-state index in [1.54, 1.807) is 33.5 Å². The Labute approximate surface area is 232 Å². The van der Waals surface area contributed by atoms with Crippen LogP contribution in [0.3, 0.4) is 0 Å². The highest BCUT2D eigenvalue weighted by atomic mass is 16.5. The van der Waals surface area contributed by atoms with Gasteiger partial charge in [-0.2, -0.15) is 0 Å². The van der Waals surface area contributed by atoms with Crippen LogP contribution in [0.25, 0.3) is 11.8 Å². The normalized spacial score (nSPS) is 14.5.